The van der Waals surface area contributed by atoms with E-state index in [1.165, 1.54) is 17.9 Å². The van der Waals surface area contributed by atoms with Gasteiger partial charge in [-0.15, -0.1) is 0 Å². The fourth-order valence-corrected chi connectivity index (χ4v) is 4.17. The summed E-state index contributed by atoms with van der Waals surface area (Å²) in [5.41, 5.74) is 1.03. The molecule has 3 aliphatic rings. The highest BCUT2D eigenvalue weighted by molar-refractivity contribution is 5.90. The van der Waals surface area contributed by atoms with Crippen molar-refractivity contribution < 1.29 is 23.5 Å². The molecule has 146 valence electrons. The third kappa shape index (κ3) is 3.85. The lowest BCUT2D eigenvalue weighted by molar-refractivity contribution is -0.119. The number of ether oxygens (including phenoxy) is 2. The average Bonchev–Trinajstić information content (AvgIpc) is 3.00. The molecule has 0 spiro atoms. The molecule has 3 unspecified atom stereocenters. The summed E-state index contributed by atoms with van der Waals surface area (Å²) >= 11 is 0. The number of rotatable bonds is 4. The van der Waals surface area contributed by atoms with Crippen LogP contribution in [0.4, 0.5) is 20.6 Å². The molecule has 3 saturated heterocycles. The van der Waals surface area contributed by atoms with Crippen molar-refractivity contribution in [2.75, 3.05) is 49.2 Å². The lowest BCUT2D eigenvalue weighted by Gasteiger charge is -2.42. The predicted octanol–water partition coefficient (Wildman–Crippen LogP) is 1.76. The van der Waals surface area contributed by atoms with Crippen molar-refractivity contribution in [2.24, 2.45) is 11.8 Å². The summed E-state index contributed by atoms with van der Waals surface area (Å²) in [4.78, 5) is 26.6. The number of hydrogen-bond donors (Lipinski definition) is 1. The number of carbonyl (C=O) groups is 2. The third-order valence-corrected chi connectivity index (χ3v) is 5.37. The normalized spacial score (nSPS) is 27.5. The van der Waals surface area contributed by atoms with Crippen LogP contribution in [0.3, 0.4) is 0 Å². The molecule has 0 radical (unpaired) electrons. The highest BCUT2D eigenvalue weighted by Gasteiger charge is 2.34. The topological polar surface area (TPSA) is 71.1 Å². The zero-order chi connectivity index (χ0) is 19.0. The molecule has 3 fully saturated rings. The minimum Gasteiger partial charge on any atom is -0.442 e. The van der Waals surface area contributed by atoms with Crippen molar-refractivity contribution in [3.8, 4) is 0 Å². The Morgan fingerprint density at radius 3 is 2.67 bits per heavy atom. The first kappa shape index (κ1) is 18.0. The van der Waals surface area contributed by atoms with Crippen molar-refractivity contribution in [3.63, 3.8) is 0 Å². The molecule has 27 heavy (non-hydrogen) atoms. The number of halogens is 1. The van der Waals surface area contributed by atoms with E-state index in [4.69, 9.17) is 9.47 Å². The van der Waals surface area contributed by atoms with Crippen LogP contribution in [0.25, 0.3) is 0 Å². The molecule has 1 aromatic carbocycles. The van der Waals surface area contributed by atoms with E-state index >= 15 is 0 Å². The van der Waals surface area contributed by atoms with E-state index in [0.717, 1.165) is 32.7 Å². The summed E-state index contributed by atoms with van der Waals surface area (Å²) in [6, 6.07) is 4.88. The van der Waals surface area contributed by atoms with Crippen LogP contribution >= 0.6 is 0 Å². The maximum atomic E-state index is 14.8. The molecule has 8 heteroatoms. The maximum absolute atomic E-state index is 14.8. The number of fused-ring (bicyclic) bond motifs is 2. The Kier molecular flexibility index (Phi) is 4.90. The minimum absolute atomic E-state index is 0.184. The summed E-state index contributed by atoms with van der Waals surface area (Å²) in [5, 5.41) is 2.63. The van der Waals surface area contributed by atoms with Crippen molar-refractivity contribution in [3.05, 3.63) is 24.0 Å². The summed E-state index contributed by atoms with van der Waals surface area (Å²) in [6.45, 7) is 4.99. The Morgan fingerprint density at radius 2 is 2.00 bits per heavy atom. The second kappa shape index (κ2) is 7.34. The maximum Gasteiger partial charge on any atom is 0.414 e. The van der Waals surface area contributed by atoms with Gasteiger partial charge in [-0.25, -0.2) is 9.18 Å². The van der Waals surface area contributed by atoms with Gasteiger partial charge in [0.1, 0.15) is 11.9 Å². The average molecular weight is 377 g/mol. The fraction of sp³-hybridized carbons (Fsp3) is 0.579. The van der Waals surface area contributed by atoms with Gasteiger partial charge in [0.25, 0.3) is 0 Å². The van der Waals surface area contributed by atoms with Gasteiger partial charge in [0, 0.05) is 31.8 Å². The molecule has 0 saturated carbocycles. The zero-order valence-corrected chi connectivity index (χ0v) is 15.3. The Bertz CT molecular complexity index is 732. The number of cyclic esters (lactones) is 1. The van der Waals surface area contributed by atoms with Crippen LogP contribution in [-0.4, -0.2) is 57.5 Å². The number of anilines is 2. The molecule has 7 nitrogen and oxygen atoms in total. The molecule has 0 aromatic heterocycles. The number of amides is 2. The SMILES string of the molecule is CC(=O)NCC1CN(c2ccc(N3CC4COCC(C4)C3)c(F)c2)C(=O)O1. The number of carbonyl (C=O) groups excluding carboxylic acids is 2. The highest BCUT2D eigenvalue weighted by atomic mass is 19.1. The first-order valence-corrected chi connectivity index (χ1v) is 9.34. The third-order valence-electron chi connectivity index (χ3n) is 5.37. The first-order valence-electron chi connectivity index (χ1n) is 9.34. The van der Waals surface area contributed by atoms with E-state index in [-0.39, 0.29) is 24.8 Å². The van der Waals surface area contributed by atoms with Gasteiger partial charge < -0.3 is 19.7 Å². The van der Waals surface area contributed by atoms with E-state index in [0.29, 0.717) is 23.2 Å². The van der Waals surface area contributed by atoms with Gasteiger partial charge in [-0.05, 0) is 24.6 Å². The quantitative estimate of drug-likeness (QED) is 0.866. The smallest absolute Gasteiger partial charge is 0.414 e. The second-order valence-electron chi connectivity index (χ2n) is 7.60. The van der Waals surface area contributed by atoms with Crippen LogP contribution in [0.15, 0.2) is 18.2 Å². The molecule has 4 rings (SSSR count). The van der Waals surface area contributed by atoms with Crippen molar-refractivity contribution in [1.82, 2.24) is 5.32 Å². The van der Waals surface area contributed by atoms with E-state index in [9.17, 15) is 14.0 Å². The summed E-state index contributed by atoms with van der Waals surface area (Å²) in [5.74, 6) is 0.363. The summed E-state index contributed by atoms with van der Waals surface area (Å²) < 4.78 is 25.7. The lowest BCUT2D eigenvalue weighted by atomic mass is 9.88. The number of hydrogen-bond acceptors (Lipinski definition) is 5. The number of nitrogens with one attached hydrogen (secondary N) is 1. The van der Waals surface area contributed by atoms with Gasteiger partial charge in [0.05, 0.1) is 37.7 Å². The monoisotopic (exact) mass is 377 g/mol. The fourth-order valence-electron chi connectivity index (χ4n) is 4.17. The molecular formula is C19H24FN3O4. The van der Waals surface area contributed by atoms with Gasteiger partial charge in [-0.1, -0.05) is 0 Å². The number of nitrogens with zero attached hydrogens (tertiary/aromatic N) is 2. The van der Waals surface area contributed by atoms with Crippen LogP contribution in [0.5, 0.6) is 0 Å². The van der Waals surface area contributed by atoms with E-state index in [1.807, 2.05) is 0 Å². The summed E-state index contributed by atoms with van der Waals surface area (Å²) in [7, 11) is 0. The zero-order valence-electron chi connectivity index (χ0n) is 15.3. The van der Waals surface area contributed by atoms with Crippen LogP contribution in [0, 0.1) is 17.7 Å². The Morgan fingerprint density at radius 1 is 1.26 bits per heavy atom. The van der Waals surface area contributed by atoms with Gasteiger partial charge in [0.15, 0.2) is 0 Å². The molecule has 3 atom stereocenters. The molecule has 1 N–H and O–H groups in total. The molecule has 3 heterocycles. The van der Waals surface area contributed by atoms with Crippen LogP contribution in [0.2, 0.25) is 0 Å². The van der Waals surface area contributed by atoms with Gasteiger partial charge >= 0.3 is 6.09 Å². The number of benzene rings is 1. The molecular weight excluding hydrogens is 353 g/mol. The van der Waals surface area contributed by atoms with Gasteiger partial charge in [-0.2, -0.15) is 0 Å². The molecule has 3 aliphatic heterocycles. The van der Waals surface area contributed by atoms with E-state index in [1.54, 1.807) is 12.1 Å². The first-order chi connectivity index (χ1) is 13.0. The van der Waals surface area contributed by atoms with E-state index in [2.05, 4.69) is 10.2 Å². The summed E-state index contributed by atoms with van der Waals surface area (Å²) in [6.07, 6.45) is 0.179. The molecule has 2 amide bonds. The van der Waals surface area contributed by atoms with Crippen molar-refractivity contribution in [2.45, 2.75) is 19.4 Å². The largest absolute Gasteiger partial charge is 0.442 e. The molecule has 2 bridgehead atoms. The predicted molar refractivity (Wildman–Crippen MR) is 97.3 cm³/mol. The lowest BCUT2D eigenvalue weighted by Crippen LogP contribution is -2.47. The standard InChI is InChI=1S/C19H24FN3O4/c1-12(24)21-6-16-9-23(19(25)27-16)15-2-3-18(17(20)5-15)22-7-13-4-14(8-22)11-26-10-13/h2-3,5,13-14,16H,4,6-11H2,1H3,(H,21,24). The Hall–Kier alpha value is -2.35. The van der Waals surface area contributed by atoms with E-state index < -0.39 is 12.2 Å². The second-order valence-corrected chi connectivity index (χ2v) is 7.60. The molecule has 1 aromatic rings. The van der Waals surface area contributed by atoms with Crippen LogP contribution in [-0.2, 0) is 14.3 Å². The minimum atomic E-state index is -0.526. The van der Waals surface area contributed by atoms with Crippen molar-refractivity contribution in [1.29, 1.82) is 0 Å². The van der Waals surface area contributed by atoms with Gasteiger partial charge in [0.2, 0.25) is 5.91 Å². The van der Waals surface area contributed by atoms with Gasteiger partial charge in [-0.3, -0.25) is 9.69 Å². The van der Waals surface area contributed by atoms with Crippen LogP contribution in [0.1, 0.15) is 13.3 Å². The Labute approximate surface area is 157 Å². The number of piperidine rings is 1. The van der Waals surface area contributed by atoms with Crippen LogP contribution < -0.4 is 15.1 Å². The highest BCUT2D eigenvalue weighted by Crippen LogP contribution is 2.33. The Balaban J connectivity index is 1.45. The molecule has 0 aliphatic carbocycles. The van der Waals surface area contributed by atoms with Crippen molar-refractivity contribution >= 4 is 23.4 Å².